The Hall–Kier alpha value is -2.45. The van der Waals surface area contributed by atoms with Gasteiger partial charge in [-0.15, -0.1) is 0 Å². The summed E-state index contributed by atoms with van der Waals surface area (Å²) in [7, 11) is -3.74. The maximum absolute atomic E-state index is 15.2. The second-order valence-electron chi connectivity index (χ2n) is 9.63. The van der Waals surface area contributed by atoms with Gasteiger partial charge in [0.15, 0.2) is 0 Å². The first-order valence-corrected chi connectivity index (χ1v) is 13.5. The zero-order valence-corrected chi connectivity index (χ0v) is 21.0. The Morgan fingerprint density at radius 3 is 2.21 bits per heavy atom. The normalized spacial score (nSPS) is 17.4. The van der Waals surface area contributed by atoms with Gasteiger partial charge in [0, 0.05) is 56.9 Å². The van der Waals surface area contributed by atoms with Gasteiger partial charge in [-0.3, -0.25) is 4.79 Å². The average Bonchev–Trinajstić information content (AvgIpc) is 2.78. The van der Waals surface area contributed by atoms with Crippen LogP contribution in [0.15, 0.2) is 47.4 Å². The molecule has 184 valence electrons. The van der Waals surface area contributed by atoms with E-state index in [4.69, 9.17) is 0 Å². The van der Waals surface area contributed by atoms with Crippen LogP contribution in [-0.4, -0.2) is 55.8 Å². The summed E-state index contributed by atoms with van der Waals surface area (Å²) in [5, 5.41) is 0. The van der Waals surface area contributed by atoms with Gasteiger partial charge >= 0.3 is 0 Å². The fraction of sp³-hybridized carbons (Fsp3) is 0.500. The molecule has 1 heterocycles. The number of benzene rings is 2. The lowest BCUT2D eigenvalue weighted by Crippen LogP contribution is -2.48. The number of rotatable bonds is 7. The van der Waals surface area contributed by atoms with Gasteiger partial charge in [0.2, 0.25) is 15.9 Å². The van der Waals surface area contributed by atoms with Gasteiger partial charge in [-0.2, -0.15) is 4.31 Å². The molecular weight excluding hydrogens is 453 g/mol. The Kier molecular flexibility index (Phi) is 7.28. The number of hydrogen-bond acceptors (Lipinski definition) is 4. The van der Waals surface area contributed by atoms with Gasteiger partial charge < -0.3 is 9.80 Å². The standard InChI is InChI=1S/C26H34FN3O3S/c1-19(2)21-8-11-25(12-9-21)34(32,33)30(23-5-4-6-23)18-22-7-10-24(17-26(22)27)29-15-13-28(14-16-29)20(3)31/h7-12,17,19,23H,4-6,13-16,18H2,1-3H3. The summed E-state index contributed by atoms with van der Waals surface area (Å²) in [4.78, 5) is 15.7. The SMILES string of the molecule is CC(=O)N1CCN(c2ccc(CN(C3CCC3)S(=O)(=O)c3ccc(C(C)C)cc3)c(F)c2)CC1. The van der Waals surface area contributed by atoms with Crippen molar-refractivity contribution in [3.63, 3.8) is 0 Å². The second kappa shape index (κ2) is 10.0. The Labute approximate surface area is 202 Å². The highest BCUT2D eigenvalue weighted by Gasteiger charge is 2.35. The van der Waals surface area contributed by atoms with E-state index in [0.717, 1.165) is 30.5 Å². The fourth-order valence-electron chi connectivity index (χ4n) is 4.55. The van der Waals surface area contributed by atoms with Crippen LogP contribution in [0.3, 0.4) is 0 Å². The largest absolute Gasteiger partial charge is 0.368 e. The van der Waals surface area contributed by atoms with Crippen LogP contribution >= 0.6 is 0 Å². The molecule has 2 aromatic rings. The molecule has 0 N–H and O–H groups in total. The number of amides is 1. The van der Waals surface area contributed by atoms with Crippen molar-refractivity contribution in [1.82, 2.24) is 9.21 Å². The summed E-state index contributed by atoms with van der Waals surface area (Å²) >= 11 is 0. The van der Waals surface area contributed by atoms with Crippen LogP contribution in [-0.2, 0) is 21.4 Å². The van der Waals surface area contributed by atoms with Crippen molar-refractivity contribution in [1.29, 1.82) is 0 Å². The van der Waals surface area contributed by atoms with Crippen LogP contribution in [0.5, 0.6) is 0 Å². The molecule has 0 bridgehead atoms. The minimum Gasteiger partial charge on any atom is -0.368 e. The van der Waals surface area contributed by atoms with E-state index in [9.17, 15) is 13.2 Å². The Bertz CT molecular complexity index is 1120. The molecule has 8 heteroatoms. The monoisotopic (exact) mass is 487 g/mol. The Balaban J connectivity index is 1.53. The van der Waals surface area contributed by atoms with E-state index < -0.39 is 15.8 Å². The number of hydrogen-bond donors (Lipinski definition) is 0. The lowest BCUT2D eigenvalue weighted by molar-refractivity contribution is -0.129. The van der Waals surface area contributed by atoms with Crippen molar-refractivity contribution < 1.29 is 17.6 Å². The van der Waals surface area contributed by atoms with Crippen molar-refractivity contribution >= 4 is 21.6 Å². The van der Waals surface area contributed by atoms with E-state index >= 15 is 4.39 Å². The average molecular weight is 488 g/mol. The predicted molar refractivity (Wildman–Crippen MR) is 132 cm³/mol. The zero-order valence-electron chi connectivity index (χ0n) is 20.2. The zero-order chi connectivity index (χ0) is 24.5. The van der Waals surface area contributed by atoms with Crippen molar-refractivity contribution in [3.8, 4) is 0 Å². The Morgan fingerprint density at radius 1 is 1.06 bits per heavy atom. The summed E-state index contributed by atoms with van der Waals surface area (Å²) in [5.74, 6) is -0.0315. The molecule has 2 aromatic carbocycles. The number of sulfonamides is 1. The molecule has 2 fully saturated rings. The second-order valence-corrected chi connectivity index (χ2v) is 11.5. The molecule has 0 atom stereocenters. The molecule has 0 spiro atoms. The minimum absolute atomic E-state index is 0.0170. The third kappa shape index (κ3) is 5.13. The number of carbonyl (C=O) groups excluding carboxylic acids is 1. The molecule has 6 nitrogen and oxygen atoms in total. The van der Waals surface area contributed by atoms with Crippen molar-refractivity contribution in [3.05, 3.63) is 59.4 Å². The van der Waals surface area contributed by atoms with Crippen molar-refractivity contribution in [2.24, 2.45) is 0 Å². The summed E-state index contributed by atoms with van der Waals surface area (Å²) in [6.45, 7) is 8.23. The van der Waals surface area contributed by atoms with E-state index in [1.54, 1.807) is 30.0 Å². The highest BCUT2D eigenvalue weighted by molar-refractivity contribution is 7.89. The highest BCUT2D eigenvalue weighted by Crippen LogP contribution is 2.33. The van der Waals surface area contributed by atoms with Crippen molar-refractivity contribution in [2.75, 3.05) is 31.1 Å². The van der Waals surface area contributed by atoms with Crippen LogP contribution in [0.4, 0.5) is 10.1 Å². The molecule has 0 unspecified atom stereocenters. The number of nitrogens with zero attached hydrogens (tertiary/aromatic N) is 3. The maximum Gasteiger partial charge on any atom is 0.243 e. The first-order valence-electron chi connectivity index (χ1n) is 12.1. The smallest absolute Gasteiger partial charge is 0.243 e. The predicted octanol–water partition coefficient (Wildman–Crippen LogP) is 4.36. The maximum atomic E-state index is 15.2. The summed E-state index contributed by atoms with van der Waals surface area (Å²) < 4.78 is 43.7. The fourth-order valence-corrected chi connectivity index (χ4v) is 6.22. The minimum atomic E-state index is -3.74. The van der Waals surface area contributed by atoms with Crippen LogP contribution in [0.25, 0.3) is 0 Å². The van der Waals surface area contributed by atoms with Gasteiger partial charge in [-0.1, -0.05) is 38.5 Å². The molecule has 1 saturated heterocycles. The molecule has 1 aliphatic carbocycles. The molecule has 0 aromatic heterocycles. The third-order valence-electron chi connectivity index (χ3n) is 7.09. The number of anilines is 1. The lowest BCUT2D eigenvalue weighted by atomic mass is 9.93. The summed E-state index contributed by atoms with van der Waals surface area (Å²) in [6, 6.07) is 12.0. The summed E-state index contributed by atoms with van der Waals surface area (Å²) in [5.41, 5.74) is 2.21. The van der Waals surface area contributed by atoms with Gasteiger partial charge in [0.1, 0.15) is 5.82 Å². The molecule has 1 saturated carbocycles. The van der Waals surface area contributed by atoms with E-state index in [1.165, 1.54) is 10.4 Å². The van der Waals surface area contributed by atoms with Gasteiger partial charge in [0.05, 0.1) is 4.90 Å². The molecule has 0 radical (unpaired) electrons. The number of piperazine rings is 1. The Morgan fingerprint density at radius 2 is 1.71 bits per heavy atom. The van der Waals surface area contributed by atoms with Gasteiger partial charge in [-0.25, -0.2) is 12.8 Å². The van der Waals surface area contributed by atoms with E-state index in [1.807, 2.05) is 18.2 Å². The van der Waals surface area contributed by atoms with Crippen molar-refractivity contribution in [2.45, 2.75) is 63.4 Å². The molecule has 2 aliphatic rings. The van der Waals surface area contributed by atoms with E-state index in [-0.39, 0.29) is 23.4 Å². The number of carbonyl (C=O) groups is 1. The highest BCUT2D eigenvalue weighted by atomic mass is 32.2. The first-order chi connectivity index (χ1) is 16.2. The van der Waals surface area contributed by atoms with E-state index in [2.05, 4.69) is 18.7 Å². The van der Waals surface area contributed by atoms with Gasteiger partial charge in [0.25, 0.3) is 0 Å². The van der Waals surface area contributed by atoms with Crippen LogP contribution < -0.4 is 4.90 Å². The molecule has 34 heavy (non-hydrogen) atoms. The van der Waals surface area contributed by atoms with Crippen LogP contribution in [0, 0.1) is 5.82 Å². The lowest BCUT2D eigenvalue weighted by Gasteiger charge is -2.37. The quantitative estimate of drug-likeness (QED) is 0.582. The first kappa shape index (κ1) is 24.7. The van der Waals surface area contributed by atoms with Crippen LogP contribution in [0.1, 0.15) is 57.1 Å². The molecule has 1 aliphatic heterocycles. The number of halogens is 1. The van der Waals surface area contributed by atoms with Crippen LogP contribution in [0.2, 0.25) is 0 Å². The topological polar surface area (TPSA) is 60.9 Å². The molecule has 1 amide bonds. The van der Waals surface area contributed by atoms with E-state index in [0.29, 0.717) is 37.7 Å². The van der Waals surface area contributed by atoms with Gasteiger partial charge in [-0.05, 0) is 48.6 Å². The summed E-state index contributed by atoms with van der Waals surface area (Å²) in [6.07, 6.45) is 2.57. The third-order valence-corrected chi connectivity index (χ3v) is 9.00. The molecule has 4 rings (SSSR count). The molecular formula is C26H34FN3O3S.